The first-order chi connectivity index (χ1) is 28.1. The molecule has 4 aliphatic heterocycles. The van der Waals surface area contributed by atoms with Gasteiger partial charge in [0.2, 0.25) is 23.7 Å². The number of likely N-dealkylation sites (tertiary alicyclic amines) is 1. The van der Waals surface area contributed by atoms with E-state index in [2.05, 4.69) is 41.9 Å². The Balaban J connectivity index is 0.753. The zero-order chi connectivity index (χ0) is 40.3. The summed E-state index contributed by atoms with van der Waals surface area (Å²) in [5.74, 6) is -0.765. The summed E-state index contributed by atoms with van der Waals surface area (Å²) in [6.07, 6.45) is 6.98. The van der Waals surface area contributed by atoms with Gasteiger partial charge in [-0.15, -0.1) is 0 Å². The van der Waals surface area contributed by atoms with Gasteiger partial charge in [0.15, 0.2) is 11.4 Å². The highest BCUT2D eigenvalue weighted by Gasteiger charge is 2.32. The molecule has 306 valence electrons. The molecule has 4 aromatic rings. The second-order valence-electron chi connectivity index (χ2n) is 15.9. The Kier molecular flexibility index (Phi) is 11.6. The van der Waals surface area contributed by atoms with Crippen LogP contribution in [0.4, 0.5) is 21.7 Å². The van der Waals surface area contributed by atoms with Crippen molar-refractivity contribution in [3.05, 3.63) is 77.8 Å². The Bertz CT molecular complexity index is 2220. The molecule has 3 amide bonds. The Morgan fingerprint density at radius 3 is 2.48 bits per heavy atom. The number of fused-ring (bicyclic) bond motifs is 1. The van der Waals surface area contributed by atoms with Gasteiger partial charge in [-0.25, -0.2) is 19.2 Å². The number of benzene rings is 2. The van der Waals surface area contributed by atoms with Gasteiger partial charge >= 0.3 is 5.76 Å². The Morgan fingerprint density at radius 1 is 0.983 bits per heavy atom. The number of nitrogens with one attached hydrogen (secondary N) is 2. The number of aromatic nitrogens is 3. The Labute approximate surface area is 336 Å². The minimum atomic E-state index is -0.760. The lowest BCUT2D eigenvalue weighted by Crippen LogP contribution is -2.52. The van der Waals surface area contributed by atoms with Crippen molar-refractivity contribution in [2.45, 2.75) is 50.6 Å². The van der Waals surface area contributed by atoms with Gasteiger partial charge in [-0.05, 0) is 68.5 Å². The summed E-state index contributed by atoms with van der Waals surface area (Å²) in [4.78, 5) is 69.8. The van der Waals surface area contributed by atoms with E-state index in [1.165, 1.54) is 10.8 Å². The summed E-state index contributed by atoms with van der Waals surface area (Å²) in [7, 11) is 1.88. The van der Waals surface area contributed by atoms with Crippen LogP contribution < -0.4 is 26.2 Å². The molecular weight excluding hydrogens is 744 g/mol. The van der Waals surface area contributed by atoms with Gasteiger partial charge in [0, 0.05) is 101 Å². The molecule has 58 heavy (non-hydrogen) atoms. The fraction of sp³-hybridized carbons (Fsp3) is 0.476. The number of hydrogen-bond acceptors (Lipinski definition) is 12. The molecule has 2 N–H and O–H groups in total. The minimum Gasteiger partial charge on any atom is -0.408 e. The van der Waals surface area contributed by atoms with E-state index < -0.39 is 23.5 Å². The summed E-state index contributed by atoms with van der Waals surface area (Å²) < 4.78 is 21.7. The molecule has 1 atom stereocenters. The number of piperidine rings is 3. The van der Waals surface area contributed by atoms with E-state index in [0.717, 1.165) is 82.9 Å². The maximum Gasteiger partial charge on any atom is 0.420 e. The summed E-state index contributed by atoms with van der Waals surface area (Å²) in [5.41, 5.74) is 3.75. The van der Waals surface area contributed by atoms with Crippen LogP contribution in [0.5, 0.6) is 0 Å². The van der Waals surface area contributed by atoms with Gasteiger partial charge in [0.1, 0.15) is 11.7 Å². The van der Waals surface area contributed by atoms with Gasteiger partial charge in [0.05, 0.1) is 18.3 Å². The van der Waals surface area contributed by atoms with Crippen LogP contribution in [0.15, 0.2) is 70.7 Å². The van der Waals surface area contributed by atoms with E-state index in [-0.39, 0.29) is 36.4 Å². The maximum atomic E-state index is 14.8. The molecule has 0 aliphatic carbocycles. The van der Waals surface area contributed by atoms with E-state index in [1.807, 2.05) is 59.3 Å². The van der Waals surface area contributed by atoms with Crippen LogP contribution in [0, 0.1) is 11.7 Å². The van der Waals surface area contributed by atoms with Crippen molar-refractivity contribution >= 4 is 46.1 Å². The molecule has 6 heterocycles. The van der Waals surface area contributed by atoms with Crippen molar-refractivity contribution < 1.29 is 23.2 Å². The van der Waals surface area contributed by atoms with Crippen LogP contribution in [0.2, 0.25) is 0 Å². The monoisotopic (exact) mass is 794 g/mol. The molecule has 0 spiro atoms. The van der Waals surface area contributed by atoms with Crippen molar-refractivity contribution in [2.75, 3.05) is 87.6 Å². The predicted octanol–water partition coefficient (Wildman–Crippen LogP) is 3.69. The third kappa shape index (κ3) is 8.62. The SMILES string of the molecule is C=CN(C)c1cccc(-c2nc(NC3CCN(C(=O)CN4CCN(CC5CCN(c6ccc7c(c6)oc(=O)n7C6CCC(=O)NC6=O)CC5)CC4)CC3)ncc2F)c1. The number of hydrogen-bond donors (Lipinski definition) is 2. The fourth-order valence-electron chi connectivity index (χ4n) is 8.68. The molecule has 1 unspecified atom stereocenters. The summed E-state index contributed by atoms with van der Waals surface area (Å²) in [6.45, 7) is 12.0. The lowest BCUT2D eigenvalue weighted by molar-refractivity contribution is -0.136. The highest BCUT2D eigenvalue weighted by atomic mass is 19.1. The second kappa shape index (κ2) is 17.1. The number of piperazine rings is 1. The molecule has 2 aromatic heterocycles. The van der Waals surface area contributed by atoms with Gasteiger partial charge in [-0.2, -0.15) is 0 Å². The first-order valence-electron chi connectivity index (χ1n) is 20.3. The standard InChI is InChI=1S/C42H51FN10O5/c1-3-48(2)31-6-4-5-29(23-31)39-33(43)25-44-41(47-39)45-30-13-17-52(18-14-30)38(55)27-50-21-19-49(20-22-50)26-28-11-15-51(16-12-28)32-7-8-34-36(24-32)58-42(57)53(34)35-9-10-37(54)46-40(35)56/h3-8,23-25,28,30,35H,1,9-22,26-27H2,2H3,(H,44,45,47)(H,46,54,56). The molecule has 4 aliphatic rings. The topological polar surface area (TPSA) is 152 Å². The van der Waals surface area contributed by atoms with E-state index in [1.54, 1.807) is 6.20 Å². The van der Waals surface area contributed by atoms with Crippen LogP contribution in [0.1, 0.15) is 44.6 Å². The second-order valence-corrected chi connectivity index (χ2v) is 15.9. The van der Waals surface area contributed by atoms with Gasteiger partial charge in [-0.1, -0.05) is 18.7 Å². The average molecular weight is 795 g/mol. The van der Waals surface area contributed by atoms with Crippen molar-refractivity contribution in [2.24, 2.45) is 5.92 Å². The van der Waals surface area contributed by atoms with Crippen molar-refractivity contribution in [1.29, 1.82) is 0 Å². The molecule has 4 fully saturated rings. The molecular formula is C42H51FN10O5. The number of amides is 3. The molecule has 8 rings (SSSR count). The van der Waals surface area contributed by atoms with Crippen LogP contribution in [-0.2, 0) is 14.4 Å². The molecule has 0 radical (unpaired) electrons. The first-order valence-corrected chi connectivity index (χ1v) is 20.3. The molecule has 15 nitrogen and oxygen atoms in total. The lowest BCUT2D eigenvalue weighted by Gasteiger charge is -2.40. The Morgan fingerprint density at radius 2 is 1.74 bits per heavy atom. The third-order valence-corrected chi connectivity index (χ3v) is 12.2. The molecule has 0 bridgehead atoms. The maximum absolute atomic E-state index is 14.8. The van der Waals surface area contributed by atoms with E-state index >= 15 is 0 Å². The van der Waals surface area contributed by atoms with Crippen molar-refractivity contribution in [3.63, 3.8) is 0 Å². The van der Waals surface area contributed by atoms with Crippen LogP contribution in [0.3, 0.4) is 0 Å². The zero-order valence-corrected chi connectivity index (χ0v) is 32.9. The highest BCUT2D eigenvalue weighted by Crippen LogP contribution is 2.30. The average Bonchev–Trinajstić information content (AvgIpc) is 3.57. The van der Waals surface area contributed by atoms with Gasteiger partial charge in [0.25, 0.3) is 0 Å². The number of rotatable bonds is 11. The smallest absolute Gasteiger partial charge is 0.408 e. The molecule has 0 saturated carbocycles. The largest absolute Gasteiger partial charge is 0.420 e. The van der Waals surface area contributed by atoms with E-state index in [9.17, 15) is 23.6 Å². The number of oxazole rings is 1. The van der Waals surface area contributed by atoms with Gasteiger partial charge < -0.3 is 29.3 Å². The number of imide groups is 1. The molecule has 4 saturated heterocycles. The molecule has 16 heteroatoms. The van der Waals surface area contributed by atoms with E-state index in [4.69, 9.17) is 4.42 Å². The quantitative estimate of drug-likeness (QED) is 0.213. The highest BCUT2D eigenvalue weighted by molar-refractivity contribution is 6.00. The van der Waals surface area contributed by atoms with Crippen molar-refractivity contribution in [3.8, 4) is 11.3 Å². The third-order valence-electron chi connectivity index (χ3n) is 12.2. The molecule has 2 aromatic carbocycles. The van der Waals surface area contributed by atoms with Gasteiger partial charge in [-0.3, -0.25) is 29.2 Å². The number of nitrogens with zero attached hydrogens (tertiary/aromatic N) is 8. The zero-order valence-electron chi connectivity index (χ0n) is 32.9. The van der Waals surface area contributed by atoms with Crippen LogP contribution >= 0.6 is 0 Å². The predicted molar refractivity (Wildman–Crippen MR) is 219 cm³/mol. The lowest BCUT2D eigenvalue weighted by atomic mass is 9.95. The Hall–Kier alpha value is -5.61. The number of carbonyl (C=O) groups excluding carboxylic acids is 3. The number of carbonyl (C=O) groups is 3. The normalized spacial score (nSPS) is 20.3. The number of anilines is 3. The van der Waals surface area contributed by atoms with E-state index in [0.29, 0.717) is 48.2 Å². The van der Waals surface area contributed by atoms with Crippen LogP contribution in [-0.4, -0.2) is 125 Å². The number of halogens is 1. The minimum absolute atomic E-state index is 0.0851. The van der Waals surface area contributed by atoms with Crippen molar-refractivity contribution in [1.82, 2.24) is 34.6 Å². The first kappa shape index (κ1) is 39.2. The summed E-state index contributed by atoms with van der Waals surface area (Å²) in [5, 5.41) is 5.69. The summed E-state index contributed by atoms with van der Waals surface area (Å²) in [6, 6.07) is 12.5. The summed E-state index contributed by atoms with van der Waals surface area (Å²) >= 11 is 0. The van der Waals surface area contributed by atoms with Crippen LogP contribution in [0.25, 0.3) is 22.4 Å². The fourth-order valence-corrected chi connectivity index (χ4v) is 8.68.